The second-order valence-electron chi connectivity index (χ2n) is 32.0. The lowest BCUT2D eigenvalue weighted by atomic mass is 9.49. The molecule has 8 bridgehead atoms. The molecule has 20 heteroatoms. The van der Waals surface area contributed by atoms with Gasteiger partial charge < -0.3 is 33.3 Å². The molecule has 10 aliphatic rings. The minimum atomic E-state index is -5.16. The van der Waals surface area contributed by atoms with Crippen LogP contribution < -0.4 is 0 Å². The van der Waals surface area contributed by atoms with Gasteiger partial charge in [0.15, 0.2) is 14.7 Å². The molecule has 4 unspecified atom stereocenters. The summed E-state index contributed by atoms with van der Waals surface area (Å²) in [5.41, 5.74) is -2.64. The summed E-state index contributed by atoms with van der Waals surface area (Å²) in [7, 11) is -5.29. The average molecular weight is 1410 g/mol. The first-order chi connectivity index (χ1) is 45.6. The van der Waals surface area contributed by atoms with Crippen molar-refractivity contribution in [1.82, 2.24) is 0 Å². The molecule has 9 aliphatic carbocycles. The van der Waals surface area contributed by atoms with Crippen LogP contribution >= 0.6 is 0 Å². The Labute approximate surface area is 583 Å². The van der Waals surface area contributed by atoms with E-state index >= 15 is 0 Å². The molecule has 0 spiro atoms. The first-order valence-corrected chi connectivity index (χ1v) is 38.3. The number of carbonyl (C=O) groups is 6. The molecule has 9 saturated carbocycles. The zero-order chi connectivity index (χ0) is 72.5. The number of ether oxygens (including phenoxy) is 5. The summed E-state index contributed by atoms with van der Waals surface area (Å²) in [5.74, 6) is -1.05. The van der Waals surface area contributed by atoms with Gasteiger partial charge in [-0.3, -0.25) is 28.8 Å². The molecule has 1 aliphatic heterocycles. The van der Waals surface area contributed by atoms with Gasteiger partial charge in [-0.15, -0.1) is 0 Å². The third-order valence-corrected chi connectivity index (χ3v) is 25.3. The van der Waals surface area contributed by atoms with E-state index in [4.69, 9.17) is 18.9 Å². The van der Waals surface area contributed by atoms with Gasteiger partial charge in [-0.05, 0) is 241 Å². The van der Waals surface area contributed by atoms with Crippen molar-refractivity contribution in [3.63, 3.8) is 0 Å². The molecule has 544 valence electrons. The maximum absolute atomic E-state index is 12.9. The fourth-order valence-corrected chi connectivity index (χ4v) is 18.1. The average Bonchev–Trinajstić information content (AvgIpc) is 0.856. The fourth-order valence-electron chi connectivity index (χ4n) is 15.4. The zero-order valence-corrected chi connectivity index (χ0v) is 61.6. The van der Waals surface area contributed by atoms with E-state index in [1.807, 2.05) is 82.2 Å². The summed E-state index contributed by atoms with van der Waals surface area (Å²) < 4.78 is 96.7. The lowest BCUT2D eigenvalue weighted by molar-refractivity contribution is -0.226. The van der Waals surface area contributed by atoms with E-state index in [9.17, 15) is 60.0 Å². The Kier molecular flexibility index (Phi) is 26.2. The Morgan fingerprint density at radius 3 is 1.49 bits per heavy atom. The van der Waals surface area contributed by atoms with Gasteiger partial charge in [0.25, 0.3) is 0 Å². The van der Waals surface area contributed by atoms with Crippen LogP contribution in [0.15, 0.2) is 112 Å². The number of benzene rings is 3. The number of cyclic esters (lactones) is 1. The molecule has 0 amide bonds. The van der Waals surface area contributed by atoms with E-state index in [1.54, 1.807) is 0 Å². The van der Waals surface area contributed by atoms with Crippen LogP contribution in [-0.2, 0) is 79.9 Å². The van der Waals surface area contributed by atoms with Crippen LogP contribution in [0.1, 0.15) is 223 Å². The lowest BCUT2D eigenvalue weighted by Gasteiger charge is -2.59. The highest BCUT2D eigenvalue weighted by Crippen LogP contribution is 2.61. The van der Waals surface area contributed by atoms with Crippen LogP contribution in [-0.4, -0.2) is 101 Å². The van der Waals surface area contributed by atoms with E-state index < -0.39 is 56.0 Å². The van der Waals surface area contributed by atoms with Gasteiger partial charge in [-0.2, -0.15) is 13.2 Å². The van der Waals surface area contributed by atoms with Crippen LogP contribution in [0, 0.1) is 56.7 Å². The monoisotopic (exact) mass is 1410 g/mol. The molecule has 13 rings (SSSR count). The Bertz CT molecular complexity index is 3250. The summed E-state index contributed by atoms with van der Waals surface area (Å²) in [6.07, 6.45) is 11.7. The number of halogens is 3. The SMILES string of the molecule is C=CC1(OC(=O)C(C)(C)CC)CCCC1.CCC(C)(C)C(=O)Cc1ccc([S+](c2ccccc2)c2ccccc2)cc1.CCC(C)(C)C(=O)OC12CC3CC(CC(O)(C3)C1)C2.CCC(C)(C)C(=O)OC1COC(=O)C1.O=C(OC(CS(=O)(=O)[O-])C(F)(F)F)C12CC3CC(CC(C3)C1)C2. The summed E-state index contributed by atoms with van der Waals surface area (Å²) >= 11 is 0. The predicted molar refractivity (Wildman–Crippen MR) is 369 cm³/mol. The Hall–Kier alpha value is -5.57. The van der Waals surface area contributed by atoms with Crippen LogP contribution in [0.4, 0.5) is 13.2 Å². The quantitative estimate of drug-likeness (QED) is 0.0344. The van der Waals surface area contributed by atoms with Crippen LogP contribution in [0.25, 0.3) is 0 Å². The van der Waals surface area contributed by atoms with Crippen molar-refractivity contribution in [2.75, 3.05) is 12.4 Å². The summed E-state index contributed by atoms with van der Waals surface area (Å²) in [4.78, 5) is 75.5. The number of hydrogen-bond donors (Lipinski definition) is 1. The number of rotatable bonds is 21. The van der Waals surface area contributed by atoms with Crippen molar-refractivity contribution in [2.24, 2.45) is 56.7 Å². The van der Waals surface area contributed by atoms with Crippen molar-refractivity contribution in [3.05, 3.63) is 103 Å². The van der Waals surface area contributed by atoms with Crippen LogP contribution in [0.3, 0.4) is 0 Å². The predicted octanol–water partition coefficient (Wildman–Crippen LogP) is 16.3. The van der Waals surface area contributed by atoms with E-state index in [2.05, 4.69) is 103 Å². The van der Waals surface area contributed by atoms with Crippen molar-refractivity contribution in [1.29, 1.82) is 0 Å². The summed E-state index contributed by atoms with van der Waals surface area (Å²) in [6, 6.07) is 29.9. The first kappa shape index (κ1) is 79.8. The number of carbonyl (C=O) groups excluding carboxylic acids is 6. The van der Waals surface area contributed by atoms with E-state index in [1.165, 1.54) is 21.1 Å². The molecular weight excluding hydrogens is 1300 g/mol. The fraction of sp³-hybridized carbons (Fsp3) is 0.667. The molecule has 98 heavy (non-hydrogen) atoms. The maximum Gasteiger partial charge on any atom is 0.426 e. The standard InChI is InChI=1S/C25H27OS.C16H26O3.C14H19F3O5S.C13H22O2.C10H16O4/c1-4-25(2,3)24(26)19-20-15-17-23(18-16-20)27(21-11-7-5-8-12-21)22-13-9-6-10-14-22;1-4-14(2,3)13(17)19-16-8-11-5-12(9-16)7-15(18,6-11)10-16;15-14(16,17)11(7-23(19,20)21)22-12(18)13-4-8-1-9(5-13)3-10(2-8)6-13;1-5-12(3,4)11(14)15-13(6-2)9-7-8-10-13;1-4-10(2,3)9(12)14-7-5-8(11)13-6-7/h5-18H,4,19H2,1-3H3;11-12,18H,4-10H2,1-3H3;8-11H,1-7H2,(H,19,20,21);6H,2,5,7-10H2,1,3-4H3;7H,4-6H2,1-3H3/q+1;;;;/p-1. The van der Waals surface area contributed by atoms with Crippen molar-refractivity contribution >= 4 is 56.6 Å². The maximum atomic E-state index is 12.9. The second-order valence-corrected chi connectivity index (χ2v) is 35.5. The molecule has 15 nitrogen and oxygen atoms in total. The molecule has 1 heterocycles. The first-order valence-electron chi connectivity index (χ1n) is 35.5. The van der Waals surface area contributed by atoms with Gasteiger partial charge in [0.2, 0.25) is 6.10 Å². The third-order valence-electron chi connectivity index (χ3n) is 22.4. The highest BCUT2D eigenvalue weighted by molar-refractivity contribution is 7.97. The third kappa shape index (κ3) is 21.0. The van der Waals surface area contributed by atoms with Gasteiger partial charge in [-0.1, -0.05) is 96.7 Å². The number of hydrogen-bond acceptors (Lipinski definition) is 15. The summed E-state index contributed by atoms with van der Waals surface area (Å²) in [5, 5.41) is 10.6. The number of esters is 5. The topological polar surface area (TPSA) is 226 Å². The molecule has 3 aromatic rings. The molecule has 0 aromatic heterocycles. The van der Waals surface area contributed by atoms with Gasteiger partial charge in [0, 0.05) is 18.3 Å². The van der Waals surface area contributed by atoms with E-state index in [-0.39, 0.29) is 75.9 Å². The number of aliphatic hydroxyl groups is 1. The molecule has 10 fully saturated rings. The molecule has 4 atom stereocenters. The number of ketones is 1. The van der Waals surface area contributed by atoms with Gasteiger partial charge in [-0.25, -0.2) is 8.42 Å². The highest BCUT2D eigenvalue weighted by atomic mass is 32.2. The van der Waals surface area contributed by atoms with Gasteiger partial charge in [0.1, 0.15) is 29.7 Å². The van der Waals surface area contributed by atoms with Gasteiger partial charge >= 0.3 is 36.0 Å². The minimum Gasteiger partial charge on any atom is -0.748 e. The zero-order valence-electron chi connectivity index (χ0n) is 60.0. The van der Waals surface area contributed by atoms with E-state index in [0.717, 1.165) is 95.5 Å². The highest BCUT2D eigenvalue weighted by Gasteiger charge is 2.60. The molecule has 1 saturated heterocycles. The van der Waals surface area contributed by atoms with Crippen molar-refractivity contribution < 1.29 is 83.7 Å². The lowest BCUT2D eigenvalue weighted by Crippen LogP contribution is -2.61. The van der Waals surface area contributed by atoms with Crippen LogP contribution in [0.5, 0.6) is 0 Å². The number of Topliss-reactive ketones (excluding diaryl/α,β-unsaturated/α-hetero) is 1. The molecular formula is C78H109F3O15S2. The van der Waals surface area contributed by atoms with Crippen LogP contribution in [0.2, 0.25) is 0 Å². The van der Waals surface area contributed by atoms with Crippen molar-refractivity contribution in [3.8, 4) is 0 Å². The Morgan fingerprint density at radius 1 is 0.643 bits per heavy atom. The second kappa shape index (κ2) is 32.2. The number of alkyl halides is 3. The molecule has 0 radical (unpaired) electrons. The largest absolute Gasteiger partial charge is 0.748 e. The summed E-state index contributed by atoms with van der Waals surface area (Å²) in [6.45, 7) is 27.5. The van der Waals surface area contributed by atoms with E-state index in [0.29, 0.717) is 73.9 Å². The Morgan fingerprint density at radius 2 is 1.08 bits per heavy atom. The smallest absolute Gasteiger partial charge is 0.426 e. The van der Waals surface area contributed by atoms with Crippen molar-refractivity contribution in [2.45, 2.75) is 274 Å². The molecule has 1 N–H and O–H groups in total. The van der Waals surface area contributed by atoms with Gasteiger partial charge in [0.05, 0.1) is 60.4 Å². The molecule has 3 aromatic carbocycles. The normalized spacial score (nSPS) is 26.8. The minimum absolute atomic E-state index is 0.0828. The Balaban J connectivity index is 0.000000176.